The van der Waals surface area contributed by atoms with Gasteiger partial charge < -0.3 is 0 Å². The number of nitrogens with zero attached hydrogens (tertiary/aromatic N) is 4. The van der Waals surface area contributed by atoms with E-state index in [1.165, 1.54) is 18.3 Å². The van der Waals surface area contributed by atoms with E-state index in [2.05, 4.69) is 25.7 Å². The quantitative estimate of drug-likeness (QED) is 0.404. The molecule has 0 saturated carbocycles. The summed E-state index contributed by atoms with van der Waals surface area (Å²) in [6.07, 6.45) is 1.33. The molecule has 9 nitrogen and oxygen atoms in total. The molecule has 10 heteroatoms. The number of benzene rings is 2. The number of nitro groups is 1. The lowest BCUT2D eigenvalue weighted by Crippen LogP contribution is -2.15. The summed E-state index contributed by atoms with van der Waals surface area (Å²) in [5.74, 6) is 0.0365. The first-order valence-corrected chi connectivity index (χ1v) is 7.68. The van der Waals surface area contributed by atoms with Gasteiger partial charge in [0.15, 0.2) is 5.69 Å². The van der Waals surface area contributed by atoms with Gasteiger partial charge >= 0.3 is 0 Å². The third-order valence-corrected chi connectivity index (χ3v) is 3.61. The third kappa shape index (κ3) is 3.90. The van der Waals surface area contributed by atoms with Crippen LogP contribution in [0.1, 0.15) is 5.56 Å². The van der Waals surface area contributed by atoms with Crippen LogP contribution < -0.4 is 11.0 Å². The Hall–Kier alpha value is -3.59. The predicted octanol–water partition coefficient (Wildman–Crippen LogP) is 2.84. The number of aromatic nitrogens is 3. The molecule has 0 radical (unpaired) electrons. The summed E-state index contributed by atoms with van der Waals surface area (Å²) in [6.45, 7) is 0. The van der Waals surface area contributed by atoms with E-state index in [1.54, 1.807) is 30.3 Å². The number of anilines is 1. The Morgan fingerprint density at radius 2 is 1.96 bits per heavy atom. The summed E-state index contributed by atoms with van der Waals surface area (Å²) < 4.78 is 0. The first-order chi connectivity index (χ1) is 12.5. The highest BCUT2D eigenvalue weighted by atomic mass is 35.5. The SMILES string of the molecule is O=c1[nH]c(N/N=C\c2ccc(Cl)c([N+](=O)[O-])c2)nnc1-c1ccccc1. The Kier molecular flexibility index (Phi) is 4.99. The van der Waals surface area contributed by atoms with Gasteiger partial charge in [-0.2, -0.15) is 5.10 Å². The zero-order chi connectivity index (χ0) is 18.5. The van der Waals surface area contributed by atoms with Crippen molar-refractivity contribution >= 4 is 29.5 Å². The van der Waals surface area contributed by atoms with Gasteiger partial charge in [-0.25, -0.2) is 5.43 Å². The first-order valence-electron chi connectivity index (χ1n) is 7.30. The summed E-state index contributed by atoms with van der Waals surface area (Å²) in [6, 6.07) is 13.1. The maximum absolute atomic E-state index is 12.1. The number of nitro benzene ring substituents is 1. The number of hydrazone groups is 1. The molecule has 0 spiro atoms. The molecule has 2 aromatic carbocycles. The van der Waals surface area contributed by atoms with Gasteiger partial charge in [-0.1, -0.05) is 48.0 Å². The minimum absolute atomic E-state index is 0.0341. The normalized spacial score (nSPS) is 10.8. The molecule has 130 valence electrons. The van der Waals surface area contributed by atoms with Crippen molar-refractivity contribution in [3.05, 3.63) is 79.6 Å². The monoisotopic (exact) mass is 370 g/mol. The second-order valence-electron chi connectivity index (χ2n) is 5.06. The molecule has 0 aliphatic carbocycles. The largest absolute Gasteiger partial charge is 0.288 e. The average Bonchev–Trinajstić information content (AvgIpc) is 2.64. The summed E-state index contributed by atoms with van der Waals surface area (Å²) in [5, 5.41) is 22.5. The van der Waals surface area contributed by atoms with Gasteiger partial charge in [0.2, 0.25) is 5.95 Å². The fourth-order valence-electron chi connectivity index (χ4n) is 2.09. The maximum Gasteiger partial charge on any atom is 0.288 e. The van der Waals surface area contributed by atoms with Crippen molar-refractivity contribution in [1.82, 2.24) is 15.2 Å². The van der Waals surface area contributed by atoms with E-state index in [0.717, 1.165) is 0 Å². The van der Waals surface area contributed by atoms with Gasteiger partial charge in [-0.3, -0.25) is 19.9 Å². The predicted molar refractivity (Wildman–Crippen MR) is 97.4 cm³/mol. The minimum Gasteiger partial charge on any atom is -0.288 e. The molecule has 0 fully saturated rings. The van der Waals surface area contributed by atoms with E-state index in [0.29, 0.717) is 11.1 Å². The second-order valence-corrected chi connectivity index (χ2v) is 5.46. The number of halogens is 1. The van der Waals surface area contributed by atoms with Gasteiger partial charge in [0.1, 0.15) is 5.02 Å². The number of hydrogen-bond donors (Lipinski definition) is 2. The molecule has 0 aliphatic rings. The number of H-pyrrole nitrogens is 1. The summed E-state index contributed by atoms with van der Waals surface area (Å²) in [7, 11) is 0. The van der Waals surface area contributed by atoms with E-state index >= 15 is 0 Å². The molecule has 0 atom stereocenters. The minimum atomic E-state index is -0.585. The molecular weight excluding hydrogens is 360 g/mol. The highest BCUT2D eigenvalue weighted by molar-refractivity contribution is 6.32. The van der Waals surface area contributed by atoms with Crippen molar-refractivity contribution in [1.29, 1.82) is 0 Å². The molecule has 3 aromatic rings. The van der Waals surface area contributed by atoms with Crippen LogP contribution in [0.15, 0.2) is 58.4 Å². The van der Waals surface area contributed by atoms with Crippen molar-refractivity contribution in [3.8, 4) is 11.3 Å². The van der Waals surface area contributed by atoms with Crippen molar-refractivity contribution in [2.45, 2.75) is 0 Å². The molecule has 26 heavy (non-hydrogen) atoms. The Bertz CT molecular complexity index is 1040. The molecule has 0 unspecified atom stereocenters. The Morgan fingerprint density at radius 3 is 2.65 bits per heavy atom. The van der Waals surface area contributed by atoms with Gasteiger partial charge in [0, 0.05) is 17.2 Å². The zero-order valence-corrected chi connectivity index (χ0v) is 13.8. The van der Waals surface area contributed by atoms with E-state index < -0.39 is 10.5 Å². The van der Waals surface area contributed by atoms with Crippen molar-refractivity contribution in [3.63, 3.8) is 0 Å². The lowest BCUT2D eigenvalue weighted by atomic mass is 10.2. The molecule has 0 aliphatic heterocycles. The molecular formula is C16H11ClN6O3. The molecule has 1 aromatic heterocycles. The summed E-state index contributed by atoms with van der Waals surface area (Å²) in [4.78, 5) is 24.9. The third-order valence-electron chi connectivity index (χ3n) is 3.30. The first kappa shape index (κ1) is 17.2. The van der Waals surface area contributed by atoms with Crippen molar-refractivity contribution in [2.75, 3.05) is 5.43 Å². The van der Waals surface area contributed by atoms with E-state index in [4.69, 9.17) is 11.6 Å². The van der Waals surface area contributed by atoms with Crippen LogP contribution in [0.2, 0.25) is 5.02 Å². The van der Waals surface area contributed by atoms with Crippen LogP contribution in [0.5, 0.6) is 0 Å². The number of hydrogen-bond acceptors (Lipinski definition) is 7. The molecule has 2 N–H and O–H groups in total. The van der Waals surface area contributed by atoms with Crippen LogP contribution in [-0.4, -0.2) is 26.3 Å². The summed E-state index contributed by atoms with van der Waals surface area (Å²) >= 11 is 5.74. The lowest BCUT2D eigenvalue weighted by molar-refractivity contribution is -0.384. The van der Waals surface area contributed by atoms with Crippen molar-refractivity contribution < 1.29 is 4.92 Å². The van der Waals surface area contributed by atoms with Crippen LogP contribution in [-0.2, 0) is 0 Å². The van der Waals surface area contributed by atoms with Crippen LogP contribution in [0.3, 0.4) is 0 Å². The highest BCUT2D eigenvalue weighted by Crippen LogP contribution is 2.24. The second kappa shape index (κ2) is 7.53. The van der Waals surface area contributed by atoms with Gasteiger partial charge in [-0.15, -0.1) is 10.2 Å². The van der Waals surface area contributed by atoms with Crippen LogP contribution in [0.4, 0.5) is 11.6 Å². The van der Waals surface area contributed by atoms with Crippen LogP contribution >= 0.6 is 11.6 Å². The number of aromatic amines is 1. The Labute approximate surface area is 151 Å². The fraction of sp³-hybridized carbons (Fsp3) is 0. The average molecular weight is 371 g/mol. The maximum atomic E-state index is 12.1. The Balaban J connectivity index is 1.75. The van der Waals surface area contributed by atoms with Crippen LogP contribution in [0, 0.1) is 10.1 Å². The lowest BCUT2D eigenvalue weighted by Gasteiger charge is -2.01. The van der Waals surface area contributed by atoms with Crippen LogP contribution in [0.25, 0.3) is 11.3 Å². The number of rotatable bonds is 5. The van der Waals surface area contributed by atoms with Gasteiger partial charge in [-0.05, 0) is 6.07 Å². The van der Waals surface area contributed by atoms with Crippen molar-refractivity contribution in [2.24, 2.45) is 5.10 Å². The van der Waals surface area contributed by atoms with Gasteiger partial charge in [0.05, 0.1) is 11.1 Å². The molecule has 3 rings (SSSR count). The topological polar surface area (TPSA) is 126 Å². The van der Waals surface area contributed by atoms with E-state index in [9.17, 15) is 14.9 Å². The molecule has 0 amide bonds. The van der Waals surface area contributed by atoms with E-state index in [1.807, 2.05) is 6.07 Å². The summed E-state index contributed by atoms with van der Waals surface area (Å²) in [5.41, 5.74) is 3.14. The zero-order valence-electron chi connectivity index (χ0n) is 13.1. The Morgan fingerprint density at radius 1 is 1.19 bits per heavy atom. The fourth-order valence-corrected chi connectivity index (χ4v) is 2.28. The van der Waals surface area contributed by atoms with E-state index in [-0.39, 0.29) is 22.4 Å². The van der Waals surface area contributed by atoms with Gasteiger partial charge in [0.25, 0.3) is 11.2 Å². The smallest absolute Gasteiger partial charge is 0.288 e. The molecule has 0 saturated heterocycles. The molecule has 1 heterocycles. The highest BCUT2D eigenvalue weighted by Gasteiger charge is 2.12. The number of nitrogens with one attached hydrogen (secondary N) is 2. The standard InChI is InChI=1S/C16H11ClN6O3/c17-12-7-6-10(8-13(12)23(25)26)9-18-21-16-19-15(24)14(20-22-16)11-4-2-1-3-5-11/h1-9H,(H2,19,21,22,24)/b18-9-. The molecule has 0 bridgehead atoms.